The van der Waals surface area contributed by atoms with Crippen molar-refractivity contribution in [3.63, 3.8) is 0 Å². The molecule has 0 aliphatic carbocycles. The molecule has 3 aromatic rings. The number of pyridine rings is 2. The lowest BCUT2D eigenvalue weighted by molar-refractivity contribution is -0.658. The van der Waals surface area contributed by atoms with Crippen molar-refractivity contribution in [1.82, 2.24) is 4.98 Å². The number of aryl methyl sites for hydroxylation is 3. The lowest BCUT2D eigenvalue weighted by Gasteiger charge is -2.22. The van der Waals surface area contributed by atoms with Crippen molar-refractivity contribution in [1.29, 1.82) is 0 Å². The molecular weight excluding hydrogens is 285 g/mol. The van der Waals surface area contributed by atoms with Gasteiger partial charge < -0.3 is 4.42 Å². The Kier molecular flexibility index (Phi) is 2.39. The van der Waals surface area contributed by atoms with E-state index >= 15 is 0 Å². The molecule has 1 aliphatic rings. The molecule has 0 fully saturated rings. The third-order valence-electron chi connectivity index (χ3n) is 4.39. The fraction of sp³-hybridized carbons (Fsp3) is 0.222. The zero-order valence-corrected chi connectivity index (χ0v) is 13.4. The van der Waals surface area contributed by atoms with E-state index in [1.807, 2.05) is 25.5 Å². The SMILES string of the molecule is [2H]C([2H])([2H])c1ccc2c3c(oc2n1)C=CN(c1cc(C)cc[n+]1C)B3C. The molecule has 4 nitrogen and oxygen atoms in total. The average molecular weight is 307 g/mol. The van der Waals surface area contributed by atoms with Crippen molar-refractivity contribution in [2.75, 3.05) is 4.81 Å². The third kappa shape index (κ3) is 2.15. The molecular formula is C18H19BN3O+. The normalized spacial score (nSPS) is 16.2. The van der Waals surface area contributed by atoms with Gasteiger partial charge in [0.25, 0.3) is 5.82 Å². The van der Waals surface area contributed by atoms with Crippen LogP contribution in [0.15, 0.2) is 41.1 Å². The molecule has 0 saturated heterocycles. The summed E-state index contributed by atoms with van der Waals surface area (Å²) in [5.74, 6) is 1.80. The monoisotopic (exact) mass is 307 g/mol. The van der Waals surface area contributed by atoms with Crippen LogP contribution in [-0.2, 0) is 7.05 Å². The first-order valence-corrected chi connectivity index (χ1v) is 7.62. The van der Waals surface area contributed by atoms with Crippen molar-refractivity contribution in [3.8, 4) is 0 Å². The van der Waals surface area contributed by atoms with Crippen LogP contribution in [0, 0.1) is 13.8 Å². The van der Waals surface area contributed by atoms with E-state index in [-0.39, 0.29) is 12.5 Å². The Morgan fingerprint density at radius 3 is 3.04 bits per heavy atom. The smallest absolute Gasteiger partial charge is 0.413 e. The topological polar surface area (TPSA) is 33.2 Å². The molecule has 1 aliphatic heterocycles. The number of hydrogen-bond donors (Lipinski definition) is 0. The van der Waals surface area contributed by atoms with Gasteiger partial charge in [0.1, 0.15) is 5.76 Å². The Bertz CT molecular complexity index is 1040. The Morgan fingerprint density at radius 2 is 2.22 bits per heavy atom. The molecule has 23 heavy (non-hydrogen) atoms. The summed E-state index contributed by atoms with van der Waals surface area (Å²) in [6.07, 6.45) is 5.95. The highest BCUT2D eigenvalue weighted by Crippen LogP contribution is 2.24. The van der Waals surface area contributed by atoms with E-state index in [1.165, 1.54) is 5.56 Å². The van der Waals surface area contributed by atoms with Gasteiger partial charge in [0.15, 0.2) is 0 Å². The fourth-order valence-corrected chi connectivity index (χ4v) is 3.18. The summed E-state index contributed by atoms with van der Waals surface area (Å²) in [7, 11) is 2.02. The zero-order valence-electron chi connectivity index (χ0n) is 16.4. The molecule has 0 bridgehead atoms. The van der Waals surface area contributed by atoms with E-state index in [4.69, 9.17) is 8.53 Å². The summed E-state index contributed by atoms with van der Waals surface area (Å²) in [5, 5.41) is 0.852. The quantitative estimate of drug-likeness (QED) is 0.512. The molecule has 114 valence electrons. The van der Waals surface area contributed by atoms with Crippen LogP contribution in [0.3, 0.4) is 0 Å². The van der Waals surface area contributed by atoms with E-state index in [0.29, 0.717) is 5.71 Å². The fourth-order valence-electron chi connectivity index (χ4n) is 3.18. The van der Waals surface area contributed by atoms with Crippen molar-refractivity contribution < 1.29 is 13.1 Å². The van der Waals surface area contributed by atoms with Crippen LogP contribution in [0.2, 0.25) is 6.82 Å². The van der Waals surface area contributed by atoms with E-state index in [2.05, 4.69) is 40.2 Å². The second-order valence-electron chi connectivity index (χ2n) is 6.00. The molecule has 4 rings (SSSR count). The van der Waals surface area contributed by atoms with E-state index in [1.54, 1.807) is 12.1 Å². The van der Waals surface area contributed by atoms with Crippen LogP contribution in [0.1, 0.15) is 21.1 Å². The first-order chi connectivity index (χ1) is 12.3. The van der Waals surface area contributed by atoms with Crippen LogP contribution in [0.4, 0.5) is 5.82 Å². The minimum atomic E-state index is -2.25. The Balaban J connectivity index is 1.83. The maximum Gasteiger partial charge on any atom is 0.413 e. The Hall–Kier alpha value is -2.56. The number of aromatic nitrogens is 2. The van der Waals surface area contributed by atoms with Gasteiger partial charge in [-0.15, -0.1) is 0 Å². The van der Waals surface area contributed by atoms with Crippen LogP contribution in [0.5, 0.6) is 0 Å². The van der Waals surface area contributed by atoms with E-state index in [9.17, 15) is 0 Å². The predicted octanol–water partition coefficient (Wildman–Crippen LogP) is 2.59. The Morgan fingerprint density at radius 1 is 1.35 bits per heavy atom. The summed E-state index contributed by atoms with van der Waals surface area (Å²) in [5.41, 5.74) is 2.63. The average Bonchev–Trinajstić information content (AvgIpc) is 2.95. The highest BCUT2D eigenvalue weighted by molar-refractivity contribution is 6.79. The second kappa shape index (κ2) is 4.98. The molecule has 0 saturated carbocycles. The minimum absolute atomic E-state index is 0.0321. The molecule has 0 atom stereocenters. The summed E-state index contributed by atoms with van der Waals surface area (Å²) in [6.45, 7) is 1.96. The van der Waals surface area contributed by atoms with Crippen molar-refractivity contribution >= 4 is 35.3 Å². The van der Waals surface area contributed by atoms with E-state index < -0.39 is 6.85 Å². The molecule has 0 amide bonds. The van der Waals surface area contributed by atoms with Crippen molar-refractivity contribution in [2.45, 2.75) is 20.6 Å². The van der Waals surface area contributed by atoms with E-state index in [0.717, 1.165) is 22.4 Å². The summed E-state index contributed by atoms with van der Waals surface area (Å²) < 4.78 is 30.6. The van der Waals surface area contributed by atoms with Gasteiger partial charge in [-0.2, -0.15) is 0 Å². The molecule has 0 unspecified atom stereocenters. The molecule has 3 aromatic heterocycles. The van der Waals surface area contributed by atoms with Crippen LogP contribution < -0.4 is 14.8 Å². The number of hydrogen-bond acceptors (Lipinski definition) is 3. The number of fused-ring (bicyclic) bond motifs is 3. The van der Waals surface area contributed by atoms with Gasteiger partial charge in [-0.1, -0.05) is 0 Å². The number of nitrogens with zero attached hydrogens (tertiary/aromatic N) is 3. The second-order valence-corrected chi connectivity index (χ2v) is 6.00. The minimum Gasteiger partial charge on any atom is -0.439 e. The standard InChI is InChI=1S/C18H19BN3O/c1-12-7-9-21(4)16(11-12)22-10-8-15-17(19(22)3)14-6-5-13(2)20-18(14)23-15/h5-11H,1-4H3/q+1/i2D3. The number of furan rings is 1. The third-order valence-corrected chi connectivity index (χ3v) is 4.39. The first-order valence-electron chi connectivity index (χ1n) is 9.12. The molecule has 0 N–H and O–H groups in total. The maximum atomic E-state index is 7.54. The van der Waals surface area contributed by atoms with Crippen LogP contribution in [0.25, 0.3) is 17.2 Å². The lowest BCUT2D eigenvalue weighted by atomic mass is 9.54. The molecule has 0 spiro atoms. The Labute approximate surface area is 140 Å². The summed E-state index contributed by atoms with van der Waals surface area (Å²) in [6, 6.07) is 7.57. The molecule has 4 heterocycles. The highest BCUT2D eigenvalue weighted by Gasteiger charge is 2.37. The number of rotatable bonds is 1. The highest BCUT2D eigenvalue weighted by atomic mass is 16.3. The maximum absolute atomic E-state index is 7.54. The van der Waals surface area contributed by atoms with Gasteiger partial charge in [-0.3, -0.25) is 4.81 Å². The summed E-state index contributed by atoms with van der Waals surface area (Å²) >= 11 is 0. The molecule has 0 aromatic carbocycles. The van der Waals surface area contributed by atoms with Gasteiger partial charge in [-0.25, -0.2) is 9.55 Å². The largest absolute Gasteiger partial charge is 0.439 e. The van der Waals surface area contributed by atoms with Gasteiger partial charge in [-0.05, 0) is 44.4 Å². The summed E-state index contributed by atoms with van der Waals surface area (Å²) in [4.78, 5) is 6.41. The number of anilines is 1. The van der Waals surface area contributed by atoms with Gasteiger partial charge in [0, 0.05) is 32.8 Å². The van der Waals surface area contributed by atoms with Gasteiger partial charge in [0.2, 0.25) is 5.71 Å². The van der Waals surface area contributed by atoms with Gasteiger partial charge in [0.05, 0.1) is 19.4 Å². The van der Waals surface area contributed by atoms with Crippen LogP contribution in [-0.4, -0.2) is 11.8 Å². The van der Waals surface area contributed by atoms with Crippen molar-refractivity contribution in [2.24, 2.45) is 7.05 Å². The first kappa shape index (κ1) is 11.1. The van der Waals surface area contributed by atoms with Crippen LogP contribution >= 0.6 is 0 Å². The molecule has 0 radical (unpaired) electrons. The lowest BCUT2D eigenvalue weighted by Crippen LogP contribution is -2.50. The molecule has 5 heteroatoms. The zero-order chi connectivity index (χ0) is 18.6. The van der Waals surface area contributed by atoms with Gasteiger partial charge >= 0.3 is 6.85 Å². The van der Waals surface area contributed by atoms with Crippen molar-refractivity contribution in [3.05, 3.63) is 53.7 Å². The predicted molar refractivity (Wildman–Crippen MR) is 93.9 cm³/mol.